The van der Waals surface area contributed by atoms with Crippen LogP contribution in [0.25, 0.3) is 0 Å². The summed E-state index contributed by atoms with van der Waals surface area (Å²) in [6, 6.07) is 6.30. The molecule has 2 unspecified atom stereocenters. The van der Waals surface area contributed by atoms with E-state index in [9.17, 15) is 4.79 Å². The third-order valence-corrected chi connectivity index (χ3v) is 3.53. The van der Waals surface area contributed by atoms with Crippen LogP contribution in [-0.4, -0.2) is 32.2 Å². The maximum Gasteiger partial charge on any atom is 0.236 e. The predicted molar refractivity (Wildman–Crippen MR) is 81.8 cm³/mol. The zero-order valence-electron chi connectivity index (χ0n) is 13.1. The highest BCUT2D eigenvalue weighted by atomic mass is 16.5. The molecule has 0 spiro atoms. The molecule has 4 heteroatoms. The van der Waals surface area contributed by atoms with E-state index in [1.54, 1.807) is 7.11 Å². The zero-order valence-corrected chi connectivity index (χ0v) is 13.1. The lowest BCUT2D eigenvalue weighted by molar-refractivity contribution is -0.123. The molecule has 0 aliphatic heterocycles. The van der Waals surface area contributed by atoms with Crippen LogP contribution >= 0.6 is 0 Å². The van der Waals surface area contributed by atoms with Gasteiger partial charge in [-0.05, 0) is 44.4 Å². The second-order valence-corrected chi connectivity index (χ2v) is 5.24. The fraction of sp³-hybridized carbons (Fsp3) is 0.562. The van der Waals surface area contributed by atoms with Crippen LogP contribution < -0.4 is 10.6 Å². The summed E-state index contributed by atoms with van der Waals surface area (Å²) in [4.78, 5) is 11.9. The van der Waals surface area contributed by atoms with Crippen LogP contribution in [0.15, 0.2) is 18.2 Å². The minimum atomic E-state index is -0.233. The fourth-order valence-electron chi connectivity index (χ4n) is 2.01. The summed E-state index contributed by atoms with van der Waals surface area (Å²) in [5, 5.41) is 6.15. The Bertz CT molecular complexity index is 446. The van der Waals surface area contributed by atoms with Crippen LogP contribution in [0, 0.1) is 13.8 Å². The van der Waals surface area contributed by atoms with E-state index in [4.69, 9.17) is 4.74 Å². The third kappa shape index (κ3) is 4.94. The Hall–Kier alpha value is -1.39. The van der Waals surface area contributed by atoms with Crippen molar-refractivity contribution in [2.75, 3.05) is 20.3 Å². The molecule has 0 radical (unpaired) electrons. The van der Waals surface area contributed by atoms with Gasteiger partial charge in [0.05, 0.1) is 12.6 Å². The lowest BCUT2D eigenvalue weighted by Crippen LogP contribution is -2.44. The molecule has 0 aromatic heterocycles. The molecule has 0 heterocycles. The highest BCUT2D eigenvalue weighted by molar-refractivity contribution is 5.81. The lowest BCUT2D eigenvalue weighted by atomic mass is 10.0. The molecule has 0 bridgehead atoms. The first kappa shape index (κ1) is 16.7. The van der Waals surface area contributed by atoms with Crippen LogP contribution in [0.3, 0.4) is 0 Å². The van der Waals surface area contributed by atoms with Crippen LogP contribution in [-0.2, 0) is 9.53 Å². The molecule has 1 aromatic rings. The van der Waals surface area contributed by atoms with Gasteiger partial charge in [0.15, 0.2) is 0 Å². The van der Waals surface area contributed by atoms with Gasteiger partial charge in [-0.25, -0.2) is 0 Å². The van der Waals surface area contributed by atoms with Crippen molar-refractivity contribution in [3.8, 4) is 0 Å². The Labute approximate surface area is 121 Å². The third-order valence-electron chi connectivity index (χ3n) is 3.53. The molecule has 0 fully saturated rings. The van der Waals surface area contributed by atoms with Gasteiger partial charge in [-0.1, -0.05) is 18.2 Å². The first-order valence-electron chi connectivity index (χ1n) is 7.05. The molecule has 0 aliphatic carbocycles. The average molecular weight is 278 g/mol. The van der Waals surface area contributed by atoms with Gasteiger partial charge in [-0.2, -0.15) is 0 Å². The largest absolute Gasteiger partial charge is 0.383 e. The first-order valence-corrected chi connectivity index (χ1v) is 7.05. The molecule has 20 heavy (non-hydrogen) atoms. The number of carbonyl (C=O) groups is 1. The van der Waals surface area contributed by atoms with E-state index < -0.39 is 0 Å². The van der Waals surface area contributed by atoms with Crippen molar-refractivity contribution in [2.24, 2.45) is 0 Å². The minimum absolute atomic E-state index is 0.00210. The Balaban J connectivity index is 2.53. The van der Waals surface area contributed by atoms with Gasteiger partial charge in [0.1, 0.15) is 0 Å². The number of methoxy groups -OCH3 is 1. The average Bonchev–Trinajstić information content (AvgIpc) is 2.41. The van der Waals surface area contributed by atoms with E-state index in [1.165, 1.54) is 16.7 Å². The maximum atomic E-state index is 11.9. The van der Waals surface area contributed by atoms with Crippen molar-refractivity contribution in [1.82, 2.24) is 10.6 Å². The second kappa shape index (κ2) is 8.02. The maximum absolute atomic E-state index is 11.9. The number of hydrogen-bond acceptors (Lipinski definition) is 3. The molecule has 1 amide bonds. The monoisotopic (exact) mass is 278 g/mol. The first-order chi connectivity index (χ1) is 9.45. The van der Waals surface area contributed by atoms with Crippen molar-refractivity contribution in [1.29, 1.82) is 0 Å². The van der Waals surface area contributed by atoms with E-state index in [-0.39, 0.29) is 18.0 Å². The van der Waals surface area contributed by atoms with Gasteiger partial charge in [0, 0.05) is 19.7 Å². The fourth-order valence-corrected chi connectivity index (χ4v) is 2.01. The molecule has 112 valence electrons. The molecule has 0 aliphatic rings. The quantitative estimate of drug-likeness (QED) is 0.751. The Morgan fingerprint density at radius 1 is 1.25 bits per heavy atom. The normalized spacial score (nSPS) is 13.8. The summed E-state index contributed by atoms with van der Waals surface area (Å²) in [5.41, 5.74) is 3.75. The zero-order chi connectivity index (χ0) is 15.1. The SMILES string of the molecule is COCCNC(=O)C(C)NC(C)c1ccc(C)c(C)c1. The Morgan fingerprint density at radius 3 is 2.55 bits per heavy atom. The number of ether oxygens (including phenoxy) is 1. The molecule has 1 aromatic carbocycles. The van der Waals surface area contributed by atoms with E-state index in [0.717, 1.165) is 0 Å². The number of carbonyl (C=O) groups excluding carboxylic acids is 1. The van der Waals surface area contributed by atoms with Crippen molar-refractivity contribution in [3.63, 3.8) is 0 Å². The summed E-state index contributed by atoms with van der Waals surface area (Å²) >= 11 is 0. The predicted octanol–water partition coefficient (Wildman–Crippen LogP) is 2.11. The molecular formula is C16H26N2O2. The van der Waals surface area contributed by atoms with Crippen LogP contribution in [0.5, 0.6) is 0 Å². The van der Waals surface area contributed by atoms with Gasteiger partial charge in [0.25, 0.3) is 0 Å². The van der Waals surface area contributed by atoms with E-state index >= 15 is 0 Å². The highest BCUT2D eigenvalue weighted by Gasteiger charge is 2.16. The number of hydrogen-bond donors (Lipinski definition) is 2. The summed E-state index contributed by atoms with van der Waals surface area (Å²) in [5.74, 6) is -0.00210. The Morgan fingerprint density at radius 2 is 1.95 bits per heavy atom. The van der Waals surface area contributed by atoms with Gasteiger partial charge in [0.2, 0.25) is 5.91 Å². The van der Waals surface area contributed by atoms with Crippen LogP contribution in [0.2, 0.25) is 0 Å². The Kier molecular flexibility index (Phi) is 6.68. The van der Waals surface area contributed by atoms with Gasteiger partial charge < -0.3 is 10.1 Å². The molecular weight excluding hydrogens is 252 g/mol. The summed E-state index contributed by atoms with van der Waals surface area (Å²) in [6.45, 7) is 9.22. The topological polar surface area (TPSA) is 50.4 Å². The van der Waals surface area contributed by atoms with E-state index in [2.05, 4.69) is 49.6 Å². The molecule has 1 rings (SSSR count). The van der Waals surface area contributed by atoms with E-state index in [0.29, 0.717) is 13.2 Å². The number of aryl methyl sites for hydroxylation is 2. The highest BCUT2D eigenvalue weighted by Crippen LogP contribution is 2.17. The van der Waals surface area contributed by atoms with Crippen LogP contribution in [0.1, 0.15) is 36.6 Å². The van der Waals surface area contributed by atoms with Crippen molar-refractivity contribution >= 4 is 5.91 Å². The lowest BCUT2D eigenvalue weighted by Gasteiger charge is -2.20. The molecule has 0 saturated carbocycles. The number of benzene rings is 1. The summed E-state index contributed by atoms with van der Waals surface area (Å²) in [6.07, 6.45) is 0. The number of amides is 1. The van der Waals surface area contributed by atoms with E-state index in [1.807, 2.05) is 6.92 Å². The van der Waals surface area contributed by atoms with Crippen molar-refractivity contribution < 1.29 is 9.53 Å². The number of nitrogens with one attached hydrogen (secondary N) is 2. The smallest absolute Gasteiger partial charge is 0.236 e. The molecule has 2 atom stereocenters. The molecule has 4 nitrogen and oxygen atoms in total. The second-order valence-electron chi connectivity index (χ2n) is 5.24. The summed E-state index contributed by atoms with van der Waals surface area (Å²) < 4.78 is 4.91. The summed E-state index contributed by atoms with van der Waals surface area (Å²) in [7, 11) is 1.62. The minimum Gasteiger partial charge on any atom is -0.383 e. The van der Waals surface area contributed by atoms with Gasteiger partial charge in [-0.3, -0.25) is 10.1 Å². The van der Waals surface area contributed by atoms with Gasteiger partial charge >= 0.3 is 0 Å². The van der Waals surface area contributed by atoms with Crippen molar-refractivity contribution in [2.45, 2.75) is 39.8 Å². The standard InChI is InChI=1S/C16H26N2O2/c1-11-6-7-15(10-12(11)2)13(3)18-14(4)16(19)17-8-9-20-5/h6-7,10,13-14,18H,8-9H2,1-5H3,(H,17,19). The van der Waals surface area contributed by atoms with Gasteiger partial charge in [-0.15, -0.1) is 0 Å². The van der Waals surface area contributed by atoms with Crippen LogP contribution in [0.4, 0.5) is 0 Å². The van der Waals surface area contributed by atoms with Crippen molar-refractivity contribution in [3.05, 3.63) is 34.9 Å². The number of rotatable bonds is 7. The molecule has 0 saturated heterocycles. The molecule has 2 N–H and O–H groups in total.